The first-order valence-corrected chi connectivity index (χ1v) is 12.0. The Bertz CT molecular complexity index is 679. The Hall–Kier alpha value is -1.87. The van der Waals surface area contributed by atoms with E-state index in [9.17, 15) is 19.5 Å². The van der Waals surface area contributed by atoms with Crippen molar-refractivity contribution in [3.63, 3.8) is 0 Å². The number of carboxylic acids is 1. The standard InChI is InChI=1S/C23H39N3O6/c1-23(2,3)19-20(27)26-13-17(12-18(26)21(28)29)32-14-16-10-7-9-15(24-16)8-5-4-6-11-31-22(30)25-19/h15-19,24H,4-14H2,1-3H3,(H,25,30)(H,28,29)/t15?,16?,17-,18+,19-/m1/s1. The summed E-state index contributed by atoms with van der Waals surface area (Å²) in [4.78, 5) is 39.1. The Morgan fingerprint density at radius 3 is 2.50 bits per heavy atom. The van der Waals surface area contributed by atoms with Gasteiger partial charge in [-0.2, -0.15) is 0 Å². The van der Waals surface area contributed by atoms with Gasteiger partial charge in [-0.1, -0.05) is 40.0 Å². The van der Waals surface area contributed by atoms with Gasteiger partial charge in [-0.05, 0) is 31.1 Å². The third kappa shape index (κ3) is 6.57. The lowest BCUT2D eigenvalue weighted by Gasteiger charge is -2.34. The Morgan fingerprint density at radius 2 is 1.78 bits per heavy atom. The van der Waals surface area contributed by atoms with Crippen LogP contribution >= 0.6 is 0 Å². The van der Waals surface area contributed by atoms with Crippen LogP contribution in [0.15, 0.2) is 0 Å². The highest BCUT2D eigenvalue weighted by Crippen LogP contribution is 2.28. The first kappa shape index (κ1) is 24.8. The van der Waals surface area contributed by atoms with Crippen molar-refractivity contribution in [1.29, 1.82) is 0 Å². The second-order valence-electron chi connectivity index (χ2n) is 10.5. The van der Waals surface area contributed by atoms with Crippen molar-refractivity contribution in [2.75, 3.05) is 19.8 Å². The van der Waals surface area contributed by atoms with Gasteiger partial charge in [0, 0.05) is 25.0 Å². The third-order valence-corrected chi connectivity index (χ3v) is 6.75. The Balaban J connectivity index is 1.77. The summed E-state index contributed by atoms with van der Waals surface area (Å²) in [5, 5.41) is 16.1. The Labute approximate surface area is 190 Å². The smallest absolute Gasteiger partial charge is 0.407 e. The number of carbonyl (C=O) groups excluding carboxylic acids is 2. The second kappa shape index (κ2) is 10.8. The minimum atomic E-state index is -1.05. The summed E-state index contributed by atoms with van der Waals surface area (Å²) < 4.78 is 11.4. The summed E-state index contributed by atoms with van der Waals surface area (Å²) in [6, 6.07) is -1.15. The van der Waals surface area contributed by atoms with Crippen molar-refractivity contribution in [1.82, 2.24) is 15.5 Å². The summed E-state index contributed by atoms with van der Waals surface area (Å²) in [5.74, 6) is -1.47. The monoisotopic (exact) mass is 453 g/mol. The number of amides is 2. The van der Waals surface area contributed by atoms with Gasteiger partial charge >= 0.3 is 12.1 Å². The lowest BCUT2D eigenvalue weighted by molar-refractivity contribution is -0.150. The highest BCUT2D eigenvalue weighted by molar-refractivity contribution is 5.90. The van der Waals surface area contributed by atoms with E-state index in [-0.39, 0.29) is 25.1 Å². The molecule has 0 radical (unpaired) electrons. The zero-order valence-electron chi connectivity index (χ0n) is 19.6. The SMILES string of the molecule is CC(C)(C)[C@@H]1NC(=O)OCCCCCC2CCCC(CO[C@@H]3C[C@@H](C(=O)O)N(C3)C1=O)N2. The largest absolute Gasteiger partial charge is 0.480 e. The molecule has 3 saturated heterocycles. The molecule has 5 atom stereocenters. The fourth-order valence-electron chi connectivity index (χ4n) is 4.93. The van der Waals surface area contributed by atoms with E-state index in [1.807, 2.05) is 20.8 Å². The minimum Gasteiger partial charge on any atom is -0.480 e. The number of fused-ring (bicyclic) bond motifs is 4. The minimum absolute atomic E-state index is 0.204. The molecule has 0 aromatic carbocycles. The van der Waals surface area contributed by atoms with Crippen LogP contribution < -0.4 is 10.6 Å². The second-order valence-corrected chi connectivity index (χ2v) is 10.5. The van der Waals surface area contributed by atoms with E-state index < -0.39 is 35.5 Å². The number of nitrogens with zero attached hydrogens (tertiary/aromatic N) is 1. The van der Waals surface area contributed by atoms with Gasteiger partial charge in [-0.25, -0.2) is 9.59 Å². The van der Waals surface area contributed by atoms with E-state index in [2.05, 4.69) is 10.6 Å². The summed E-state index contributed by atoms with van der Waals surface area (Å²) in [6.07, 6.45) is 6.51. The maximum Gasteiger partial charge on any atom is 0.407 e. The number of hydrogen-bond donors (Lipinski definition) is 3. The molecule has 9 nitrogen and oxygen atoms in total. The molecule has 0 aliphatic carbocycles. The number of carboxylic acid groups (broad SMARTS) is 1. The molecule has 2 amide bonds. The zero-order valence-corrected chi connectivity index (χ0v) is 19.6. The molecule has 3 N–H and O–H groups in total. The highest BCUT2D eigenvalue weighted by Gasteiger charge is 2.45. The fourth-order valence-corrected chi connectivity index (χ4v) is 4.93. The highest BCUT2D eigenvalue weighted by atomic mass is 16.5. The van der Waals surface area contributed by atoms with Gasteiger partial charge < -0.3 is 30.1 Å². The lowest BCUT2D eigenvalue weighted by Crippen LogP contribution is -2.57. The van der Waals surface area contributed by atoms with Crippen LogP contribution in [0.1, 0.15) is 72.1 Å². The summed E-state index contributed by atoms with van der Waals surface area (Å²) in [6.45, 7) is 6.54. The van der Waals surface area contributed by atoms with Crippen LogP contribution in [0.5, 0.6) is 0 Å². The molecule has 4 bridgehead atoms. The van der Waals surface area contributed by atoms with E-state index in [4.69, 9.17) is 9.47 Å². The van der Waals surface area contributed by atoms with Crippen molar-refractivity contribution in [2.24, 2.45) is 5.41 Å². The molecule has 3 fully saturated rings. The third-order valence-electron chi connectivity index (χ3n) is 6.75. The molecular formula is C23H39N3O6. The average Bonchev–Trinajstić information content (AvgIpc) is 3.16. The van der Waals surface area contributed by atoms with Crippen LogP contribution in [0.25, 0.3) is 0 Å². The predicted octanol–water partition coefficient (Wildman–Crippen LogP) is 2.28. The van der Waals surface area contributed by atoms with Gasteiger partial charge in [0.15, 0.2) is 0 Å². The number of carbonyl (C=O) groups is 3. The molecule has 0 aromatic heterocycles. The Kier molecular flexibility index (Phi) is 8.38. The first-order valence-electron chi connectivity index (χ1n) is 12.0. The number of rotatable bonds is 1. The summed E-state index contributed by atoms with van der Waals surface area (Å²) >= 11 is 0. The zero-order chi connectivity index (χ0) is 23.3. The maximum absolute atomic E-state index is 13.4. The van der Waals surface area contributed by atoms with E-state index in [0.717, 1.165) is 44.9 Å². The van der Waals surface area contributed by atoms with E-state index in [1.54, 1.807) is 0 Å². The number of ether oxygens (including phenoxy) is 2. The van der Waals surface area contributed by atoms with Crippen molar-refractivity contribution in [3.05, 3.63) is 0 Å². The normalized spacial score (nSPS) is 33.6. The lowest BCUT2D eigenvalue weighted by atomic mass is 9.85. The quantitative estimate of drug-likeness (QED) is 0.558. The van der Waals surface area contributed by atoms with Gasteiger partial charge in [0.1, 0.15) is 12.1 Å². The van der Waals surface area contributed by atoms with E-state index in [1.165, 1.54) is 4.90 Å². The number of nitrogens with one attached hydrogen (secondary N) is 2. The molecule has 3 rings (SSSR count). The van der Waals surface area contributed by atoms with Gasteiger partial charge in [-0.3, -0.25) is 4.79 Å². The van der Waals surface area contributed by atoms with Crippen LogP contribution in [-0.4, -0.2) is 78.0 Å². The van der Waals surface area contributed by atoms with Crippen LogP contribution in [-0.2, 0) is 19.1 Å². The molecule has 3 heterocycles. The van der Waals surface area contributed by atoms with Gasteiger partial charge in [0.25, 0.3) is 0 Å². The van der Waals surface area contributed by atoms with Gasteiger partial charge in [0.05, 0.1) is 19.3 Å². The molecule has 182 valence electrons. The molecule has 0 saturated carbocycles. The number of cyclic esters (lactones) is 1. The molecule has 3 aliphatic rings. The van der Waals surface area contributed by atoms with E-state index in [0.29, 0.717) is 19.3 Å². The molecule has 0 spiro atoms. The molecule has 3 aliphatic heterocycles. The average molecular weight is 454 g/mol. The van der Waals surface area contributed by atoms with Gasteiger partial charge in [-0.15, -0.1) is 0 Å². The van der Waals surface area contributed by atoms with Gasteiger partial charge in [0.2, 0.25) is 5.91 Å². The number of piperidine rings is 1. The van der Waals surface area contributed by atoms with Crippen LogP contribution in [0.4, 0.5) is 4.79 Å². The summed E-state index contributed by atoms with van der Waals surface area (Å²) in [7, 11) is 0. The van der Waals surface area contributed by atoms with Crippen LogP contribution in [0.3, 0.4) is 0 Å². The summed E-state index contributed by atoms with van der Waals surface area (Å²) in [5.41, 5.74) is -0.611. The van der Waals surface area contributed by atoms with Crippen molar-refractivity contribution < 1.29 is 29.0 Å². The molecule has 0 aromatic rings. The number of hydrogen-bond acceptors (Lipinski definition) is 6. The van der Waals surface area contributed by atoms with Crippen molar-refractivity contribution in [3.8, 4) is 0 Å². The predicted molar refractivity (Wildman–Crippen MR) is 118 cm³/mol. The van der Waals surface area contributed by atoms with Crippen LogP contribution in [0.2, 0.25) is 0 Å². The molecule has 2 unspecified atom stereocenters. The van der Waals surface area contributed by atoms with Crippen LogP contribution in [0, 0.1) is 5.41 Å². The topological polar surface area (TPSA) is 117 Å². The molecule has 32 heavy (non-hydrogen) atoms. The fraction of sp³-hybridized carbons (Fsp3) is 0.870. The van der Waals surface area contributed by atoms with Crippen molar-refractivity contribution in [2.45, 2.75) is 102 Å². The first-order chi connectivity index (χ1) is 15.1. The number of alkyl carbamates (subject to hydrolysis) is 1. The Morgan fingerprint density at radius 1 is 1.06 bits per heavy atom. The van der Waals surface area contributed by atoms with E-state index >= 15 is 0 Å². The number of aliphatic carboxylic acids is 1. The maximum atomic E-state index is 13.4. The van der Waals surface area contributed by atoms with Crippen molar-refractivity contribution >= 4 is 18.0 Å². The molecular weight excluding hydrogens is 414 g/mol. The molecule has 9 heteroatoms.